The summed E-state index contributed by atoms with van der Waals surface area (Å²) in [6.07, 6.45) is 1.57. The van der Waals surface area contributed by atoms with Crippen molar-refractivity contribution in [3.05, 3.63) is 29.3 Å². The van der Waals surface area contributed by atoms with Crippen LogP contribution < -0.4 is 4.31 Å². The summed E-state index contributed by atoms with van der Waals surface area (Å²) in [5.41, 5.74) is 2.28. The molecule has 2 rings (SSSR count). The average molecular weight is 279 g/mol. The van der Waals surface area contributed by atoms with Gasteiger partial charge in [0.25, 0.3) is 0 Å². The molecule has 1 N–H and O–H groups in total. The Morgan fingerprint density at radius 1 is 1.37 bits per heavy atom. The van der Waals surface area contributed by atoms with Crippen LogP contribution >= 0.6 is 0 Å². The van der Waals surface area contributed by atoms with Crippen LogP contribution in [0.5, 0.6) is 0 Å². The van der Waals surface area contributed by atoms with Crippen molar-refractivity contribution >= 4 is 15.7 Å². The summed E-state index contributed by atoms with van der Waals surface area (Å²) in [5, 5.41) is 8.80. The maximum Gasteiger partial charge on any atom is 0.235 e. The molecule has 0 spiro atoms. The van der Waals surface area contributed by atoms with E-state index < -0.39 is 10.0 Å². The fraction of sp³-hybridized carbons (Fsp3) is 0.429. The second-order valence-electron chi connectivity index (χ2n) is 4.58. The van der Waals surface area contributed by atoms with E-state index in [9.17, 15) is 8.42 Å². The highest BCUT2D eigenvalue weighted by Crippen LogP contribution is 2.27. The summed E-state index contributed by atoms with van der Waals surface area (Å²) in [7, 11) is -3.23. The SMILES string of the molecule is Cc1ccc(N2CCCCS2(=O)=O)c(C#CCO)c1. The van der Waals surface area contributed by atoms with Crippen LogP contribution in [0.1, 0.15) is 24.0 Å². The van der Waals surface area contributed by atoms with Crippen molar-refractivity contribution < 1.29 is 13.5 Å². The molecule has 5 heteroatoms. The Bertz CT molecular complexity index is 626. The molecule has 0 saturated carbocycles. The van der Waals surface area contributed by atoms with E-state index in [0.29, 0.717) is 24.2 Å². The van der Waals surface area contributed by atoms with Gasteiger partial charge in [-0.2, -0.15) is 0 Å². The van der Waals surface area contributed by atoms with E-state index in [1.807, 2.05) is 19.1 Å². The minimum Gasteiger partial charge on any atom is -0.384 e. The summed E-state index contributed by atoms with van der Waals surface area (Å²) >= 11 is 0. The lowest BCUT2D eigenvalue weighted by molar-refractivity contribution is 0.350. The quantitative estimate of drug-likeness (QED) is 0.788. The fourth-order valence-electron chi connectivity index (χ4n) is 2.16. The predicted octanol–water partition coefficient (Wildman–Crippen LogP) is 1.27. The van der Waals surface area contributed by atoms with E-state index >= 15 is 0 Å². The molecule has 1 aromatic carbocycles. The van der Waals surface area contributed by atoms with Crippen molar-refractivity contribution in [3.8, 4) is 11.8 Å². The summed E-state index contributed by atoms with van der Waals surface area (Å²) in [5.74, 6) is 5.60. The van der Waals surface area contributed by atoms with E-state index in [-0.39, 0.29) is 12.4 Å². The van der Waals surface area contributed by atoms with Crippen LogP contribution in [-0.2, 0) is 10.0 Å². The van der Waals surface area contributed by atoms with Crippen LogP contribution in [0, 0.1) is 18.8 Å². The maximum atomic E-state index is 12.1. The molecule has 0 atom stereocenters. The van der Waals surface area contributed by atoms with Crippen molar-refractivity contribution in [2.24, 2.45) is 0 Å². The molecule has 0 amide bonds. The largest absolute Gasteiger partial charge is 0.384 e. The van der Waals surface area contributed by atoms with Crippen molar-refractivity contribution in [2.45, 2.75) is 19.8 Å². The molecule has 1 aliphatic rings. The van der Waals surface area contributed by atoms with Gasteiger partial charge in [0, 0.05) is 12.1 Å². The third-order valence-corrected chi connectivity index (χ3v) is 4.93. The fourth-order valence-corrected chi connectivity index (χ4v) is 3.82. The number of hydrogen-bond donors (Lipinski definition) is 1. The number of nitrogens with zero attached hydrogens (tertiary/aromatic N) is 1. The number of benzene rings is 1. The molecule has 0 aromatic heterocycles. The van der Waals surface area contributed by atoms with Gasteiger partial charge in [0.1, 0.15) is 6.61 Å². The molecule has 0 bridgehead atoms. The standard InChI is InChI=1S/C14H17NO3S/c1-12-6-7-14(13(11-12)5-4-9-16)15-8-2-3-10-19(15,17)18/h6-7,11,16H,2-3,8-10H2,1H3. The van der Waals surface area contributed by atoms with Crippen LogP contribution in [0.2, 0.25) is 0 Å². The molecule has 102 valence electrons. The number of aliphatic hydroxyl groups excluding tert-OH is 1. The lowest BCUT2D eigenvalue weighted by atomic mass is 10.1. The van der Waals surface area contributed by atoms with Crippen LogP contribution in [0.4, 0.5) is 5.69 Å². The first-order valence-corrected chi connectivity index (χ1v) is 7.86. The van der Waals surface area contributed by atoms with Gasteiger partial charge in [-0.3, -0.25) is 4.31 Å². The summed E-state index contributed by atoms with van der Waals surface area (Å²) in [4.78, 5) is 0. The summed E-state index contributed by atoms with van der Waals surface area (Å²) in [6, 6.07) is 5.52. The molecular formula is C14H17NO3S. The molecule has 0 unspecified atom stereocenters. The molecule has 0 radical (unpaired) electrons. The minimum absolute atomic E-state index is 0.188. The van der Waals surface area contributed by atoms with Crippen LogP contribution in [0.15, 0.2) is 18.2 Å². The minimum atomic E-state index is -3.23. The Morgan fingerprint density at radius 2 is 2.16 bits per heavy atom. The molecule has 19 heavy (non-hydrogen) atoms. The van der Waals surface area contributed by atoms with Crippen molar-refractivity contribution in [1.29, 1.82) is 0 Å². The van der Waals surface area contributed by atoms with E-state index in [1.165, 1.54) is 4.31 Å². The van der Waals surface area contributed by atoms with Crippen LogP contribution in [-0.4, -0.2) is 32.4 Å². The first-order valence-electron chi connectivity index (χ1n) is 6.25. The highest BCUT2D eigenvalue weighted by atomic mass is 32.2. The highest BCUT2D eigenvalue weighted by molar-refractivity contribution is 7.92. The molecule has 0 aliphatic carbocycles. The predicted molar refractivity (Wildman–Crippen MR) is 75.5 cm³/mol. The van der Waals surface area contributed by atoms with E-state index in [2.05, 4.69) is 11.8 Å². The van der Waals surface area contributed by atoms with E-state index in [4.69, 9.17) is 5.11 Å². The lowest BCUT2D eigenvalue weighted by Gasteiger charge is -2.29. The van der Waals surface area contributed by atoms with Gasteiger partial charge in [0.15, 0.2) is 0 Å². The number of anilines is 1. The second kappa shape index (κ2) is 5.64. The van der Waals surface area contributed by atoms with E-state index in [0.717, 1.165) is 12.0 Å². The summed E-state index contributed by atoms with van der Waals surface area (Å²) < 4.78 is 25.7. The number of aryl methyl sites for hydroxylation is 1. The molecule has 1 aromatic rings. The lowest BCUT2D eigenvalue weighted by Crippen LogP contribution is -2.38. The van der Waals surface area contributed by atoms with Crippen molar-refractivity contribution in [3.63, 3.8) is 0 Å². The Kier molecular flexibility index (Phi) is 4.13. The first kappa shape index (κ1) is 13.9. The average Bonchev–Trinajstić information content (AvgIpc) is 2.37. The van der Waals surface area contributed by atoms with Crippen molar-refractivity contribution in [1.82, 2.24) is 0 Å². The van der Waals surface area contributed by atoms with Gasteiger partial charge < -0.3 is 5.11 Å². The number of rotatable bonds is 1. The number of aliphatic hydroxyl groups is 1. The zero-order valence-corrected chi connectivity index (χ0v) is 11.7. The van der Waals surface area contributed by atoms with Gasteiger partial charge in [-0.05, 0) is 37.5 Å². The van der Waals surface area contributed by atoms with Crippen LogP contribution in [0.3, 0.4) is 0 Å². The highest BCUT2D eigenvalue weighted by Gasteiger charge is 2.27. The van der Waals surface area contributed by atoms with Crippen molar-refractivity contribution in [2.75, 3.05) is 23.2 Å². The maximum absolute atomic E-state index is 12.1. The van der Waals surface area contributed by atoms with Gasteiger partial charge >= 0.3 is 0 Å². The second-order valence-corrected chi connectivity index (χ2v) is 6.59. The molecule has 1 saturated heterocycles. The van der Waals surface area contributed by atoms with Gasteiger partial charge in [-0.1, -0.05) is 17.9 Å². The van der Waals surface area contributed by atoms with Gasteiger partial charge in [0.2, 0.25) is 10.0 Å². The monoisotopic (exact) mass is 279 g/mol. The molecule has 1 heterocycles. The Balaban J connectivity index is 2.49. The zero-order valence-electron chi connectivity index (χ0n) is 10.9. The third kappa shape index (κ3) is 3.09. The topological polar surface area (TPSA) is 57.6 Å². The van der Waals surface area contributed by atoms with Gasteiger partial charge in [0.05, 0.1) is 11.4 Å². The number of sulfonamides is 1. The van der Waals surface area contributed by atoms with Crippen LogP contribution in [0.25, 0.3) is 0 Å². The normalized spacial score (nSPS) is 17.7. The molecule has 4 nitrogen and oxygen atoms in total. The zero-order chi connectivity index (χ0) is 13.9. The number of hydrogen-bond acceptors (Lipinski definition) is 3. The third-order valence-electron chi connectivity index (χ3n) is 3.07. The Hall–Kier alpha value is -1.51. The smallest absolute Gasteiger partial charge is 0.235 e. The molecule has 1 aliphatic heterocycles. The van der Waals surface area contributed by atoms with Gasteiger partial charge in [-0.25, -0.2) is 8.42 Å². The first-order chi connectivity index (χ1) is 9.04. The Labute approximate surface area is 114 Å². The molecule has 1 fully saturated rings. The van der Waals surface area contributed by atoms with E-state index in [1.54, 1.807) is 6.07 Å². The Morgan fingerprint density at radius 3 is 2.84 bits per heavy atom. The summed E-state index contributed by atoms with van der Waals surface area (Å²) in [6.45, 7) is 2.19. The van der Waals surface area contributed by atoms with Gasteiger partial charge in [-0.15, -0.1) is 0 Å². The molecular weight excluding hydrogens is 262 g/mol.